The van der Waals surface area contributed by atoms with Gasteiger partial charge in [0.05, 0.1) is 0 Å². The quantitative estimate of drug-likeness (QED) is 0.250. The minimum absolute atomic E-state index is 0.0384. The number of benzene rings is 1. The van der Waals surface area contributed by atoms with Crippen LogP contribution < -0.4 is 4.74 Å². The molecule has 88 valence electrons. The number of Topliss-reactive ketones (excluding diaryl/α,β-unsaturated/α-hetero) is 1. The Labute approximate surface area is 101 Å². The molecule has 0 unspecified atom stereocenters. The van der Waals surface area contributed by atoms with Crippen LogP contribution in [0, 0.1) is 0 Å². The molecule has 0 N–H and O–H groups in total. The Hall–Kier alpha value is -2.21. The molecular formula is C10H6ClNO5. The van der Waals surface area contributed by atoms with Gasteiger partial charge in [0.2, 0.25) is 11.0 Å². The van der Waals surface area contributed by atoms with E-state index in [1.54, 1.807) is 0 Å². The van der Waals surface area contributed by atoms with E-state index in [1.165, 1.54) is 24.3 Å². The normalized spacial score (nSPS) is 10.5. The summed E-state index contributed by atoms with van der Waals surface area (Å²) in [6.45, 7) is 0.305. The Kier molecular flexibility index (Phi) is 4.83. The first-order chi connectivity index (χ1) is 8.19. The fourth-order valence-electron chi connectivity index (χ4n) is 0.969. The Morgan fingerprint density at radius 1 is 1.18 bits per heavy atom. The first kappa shape index (κ1) is 12.9. The van der Waals surface area contributed by atoms with E-state index in [9.17, 15) is 14.4 Å². The minimum Gasteiger partial charge on any atom is -0.429 e. The summed E-state index contributed by atoms with van der Waals surface area (Å²) >= 11 is 5.47. The summed E-state index contributed by atoms with van der Waals surface area (Å²) in [5.41, 5.74) is 0.214. The molecule has 0 aromatic heterocycles. The lowest BCUT2D eigenvalue weighted by Gasteiger charge is -2.00. The van der Waals surface area contributed by atoms with Crippen LogP contribution in [0.25, 0.3) is 0 Å². The van der Waals surface area contributed by atoms with Crippen molar-refractivity contribution >= 4 is 35.5 Å². The molecule has 0 bridgehead atoms. The van der Waals surface area contributed by atoms with Crippen molar-refractivity contribution in [3.05, 3.63) is 29.8 Å². The van der Waals surface area contributed by atoms with Gasteiger partial charge in [-0.1, -0.05) is 16.8 Å². The number of ether oxygens (including phenoxy) is 1. The molecule has 0 aliphatic carbocycles. The molecule has 0 spiro atoms. The SMILES string of the molecule is O=CO/N=C(\Cl)C(=O)c1ccc(OC=O)cc1. The molecule has 0 amide bonds. The first-order valence-corrected chi connectivity index (χ1v) is 4.65. The second-order valence-corrected chi connectivity index (χ2v) is 3.01. The summed E-state index contributed by atoms with van der Waals surface area (Å²) in [7, 11) is 0. The van der Waals surface area contributed by atoms with Gasteiger partial charge >= 0.3 is 6.47 Å². The molecule has 0 atom stereocenters. The maximum atomic E-state index is 11.6. The molecule has 0 aliphatic heterocycles. The van der Waals surface area contributed by atoms with Crippen molar-refractivity contribution in [3.8, 4) is 5.75 Å². The zero-order chi connectivity index (χ0) is 12.7. The van der Waals surface area contributed by atoms with E-state index in [2.05, 4.69) is 14.7 Å². The van der Waals surface area contributed by atoms with Gasteiger partial charge in [0.25, 0.3) is 6.47 Å². The van der Waals surface area contributed by atoms with Gasteiger partial charge in [-0.15, -0.1) is 0 Å². The molecule has 0 fully saturated rings. The summed E-state index contributed by atoms with van der Waals surface area (Å²) in [5, 5.41) is 2.57. The zero-order valence-corrected chi connectivity index (χ0v) is 9.09. The van der Waals surface area contributed by atoms with E-state index in [4.69, 9.17) is 11.6 Å². The van der Waals surface area contributed by atoms with E-state index in [0.717, 1.165) is 0 Å². The van der Waals surface area contributed by atoms with Crippen LogP contribution in [0.4, 0.5) is 0 Å². The van der Waals surface area contributed by atoms with Crippen LogP contribution in [0.15, 0.2) is 29.4 Å². The van der Waals surface area contributed by atoms with Crippen LogP contribution in [-0.2, 0) is 14.4 Å². The highest BCUT2D eigenvalue weighted by Crippen LogP contribution is 2.13. The molecule has 1 aromatic carbocycles. The first-order valence-electron chi connectivity index (χ1n) is 4.27. The number of hydrogen-bond acceptors (Lipinski definition) is 6. The van der Waals surface area contributed by atoms with Gasteiger partial charge in [-0.2, -0.15) is 0 Å². The van der Waals surface area contributed by atoms with E-state index >= 15 is 0 Å². The van der Waals surface area contributed by atoms with Gasteiger partial charge in [0.1, 0.15) is 5.75 Å². The van der Waals surface area contributed by atoms with Crippen LogP contribution in [0.5, 0.6) is 5.75 Å². The van der Waals surface area contributed by atoms with E-state index < -0.39 is 11.0 Å². The summed E-state index contributed by atoms with van der Waals surface area (Å²) < 4.78 is 4.54. The largest absolute Gasteiger partial charge is 0.429 e. The van der Waals surface area contributed by atoms with Crippen LogP contribution in [-0.4, -0.2) is 23.9 Å². The molecule has 6 nitrogen and oxygen atoms in total. The molecule has 0 saturated heterocycles. The smallest absolute Gasteiger partial charge is 0.323 e. The van der Waals surface area contributed by atoms with Crippen molar-refractivity contribution in [3.63, 3.8) is 0 Å². The molecule has 0 heterocycles. The highest BCUT2D eigenvalue weighted by Gasteiger charge is 2.12. The van der Waals surface area contributed by atoms with Crippen molar-refractivity contribution in [2.45, 2.75) is 0 Å². The van der Waals surface area contributed by atoms with Gasteiger partial charge in [-0.25, -0.2) is 0 Å². The van der Waals surface area contributed by atoms with Crippen LogP contribution in [0.1, 0.15) is 10.4 Å². The van der Waals surface area contributed by atoms with Gasteiger partial charge in [0.15, 0.2) is 0 Å². The van der Waals surface area contributed by atoms with Crippen molar-refractivity contribution in [1.82, 2.24) is 0 Å². The average molecular weight is 256 g/mol. The highest BCUT2D eigenvalue weighted by atomic mass is 35.5. The maximum absolute atomic E-state index is 11.6. The van der Waals surface area contributed by atoms with Gasteiger partial charge in [-0.3, -0.25) is 14.4 Å². The zero-order valence-electron chi connectivity index (χ0n) is 8.33. The monoisotopic (exact) mass is 255 g/mol. The van der Waals surface area contributed by atoms with E-state index in [0.29, 0.717) is 0 Å². The van der Waals surface area contributed by atoms with E-state index in [1.807, 2.05) is 0 Å². The average Bonchev–Trinajstić information content (AvgIpc) is 2.36. The number of oxime groups is 1. The van der Waals surface area contributed by atoms with Crippen LogP contribution in [0.3, 0.4) is 0 Å². The number of carbonyl (C=O) groups excluding carboxylic acids is 3. The molecule has 0 aliphatic rings. The van der Waals surface area contributed by atoms with Gasteiger partial charge in [0, 0.05) is 5.56 Å². The molecule has 0 saturated carbocycles. The molecular weight excluding hydrogens is 250 g/mol. The van der Waals surface area contributed by atoms with Crippen molar-refractivity contribution < 1.29 is 24.0 Å². The Morgan fingerprint density at radius 2 is 1.82 bits per heavy atom. The molecule has 1 rings (SSSR count). The number of ketones is 1. The summed E-state index contributed by atoms with van der Waals surface area (Å²) in [5.74, 6) is -0.333. The molecule has 1 aromatic rings. The summed E-state index contributed by atoms with van der Waals surface area (Å²) in [4.78, 5) is 35.4. The number of halogens is 1. The molecule has 7 heteroatoms. The fraction of sp³-hybridized carbons (Fsp3) is 0. The van der Waals surface area contributed by atoms with Crippen molar-refractivity contribution in [1.29, 1.82) is 0 Å². The Bertz CT molecular complexity index is 454. The lowest BCUT2D eigenvalue weighted by Crippen LogP contribution is -2.08. The third kappa shape index (κ3) is 3.69. The van der Waals surface area contributed by atoms with Crippen molar-refractivity contribution in [2.24, 2.45) is 5.16 Å². The maximum Gasteiger partial charge on any atom is 0.323 e. The lowest BCUT2D eigenvalue weighted by molar-refractivity contribution is -0.128. The lowest BCUT2D eigenvalue weighted by atomic mass is 10.1. The number of rotatable bonds is 6. The van der Waals surface area contributed by atoms with E-state index in [-0.39, 0.29) is 24.3 Å². The predicted molar refractivity (Wildman–Crippen MR) is 57.9 cm³/mol. The fourth-order valence-corrected chi connectivity index (χ4v) is 1.12. The highest BCUT2D eigenvalue weighted by molar-refractivity contribution is 6.84. The van der Waals surface area contributed by atoms with Gasteiger partial charge in [-0.05, 0) is 24.3 Å². The minimum atomic E-state index is -0.619. The molecule has 0 radical (unpaired) electrons. The third-order valence-electron chi connectivity index (χ3n) is 1.66. The predicted octanol–water partition coefficient (Wildman–Crippen LogP) is 1.13. The standard InChI is InChI=1S/C10H6ClNO5/c11-10(12-17-6-14)9(15)7-1-3-8(4-2-7)16-5-13/h1-6H/b12-10-. The third-order valence-corrected chi connectivity index (χ3v) is 1.90. The number of hydrogen-bond donors (Lipinski definition) is 0. The Morgan fingerprint density at radius 3 is 2.35 bits per heavy atom. The molecule has 17 heavy (non-hydrogen) atoms. The van der Waals surface area contributed by atoms with Crippen molar-refractivity contribution in [2.75, 3.05) is 0 Å². The van der Waals surface area contributed by atoms with Crippen LogP contribution >= 0.6 is 11.6 Å². The second-order valence-electron chi connectivity index (χ2n) is 2.65. The van der Waals surface area contributed by atoms with Crippen LogP contribution in [0.2, 0.25) is 0 Å². The topological polar surface area (TPSA) is 82.0 Å². The number of nitrogens with zero attached hydrogens (tertiary/aromatic N) is 1. The Balaban J connectivity index is 2.82. The summed E-state index contributed by atoms with van der Waals surface area (Å²) in [6.07, 6.45) is 0. The summed E-state index contributed by atoms with van der Waals surface area (Å²) in [6, 6.07) is 5.60. The second kappa shape index (κ2) is 6.39. The number of carbonyl (C=O) groups is 3. The van der Waals surface area contributed by atoms with Gasteiger partial charge < -0.3 is 9.57 Å².